The number of carbonyl (C=O) groups is 1. The molecule has 0 heterocycles. The minimum atomic E-state index is -0.923. The van der Waals surface area contributed by atoms with E-state index in [9.17, 15) is 13.6 Å². The quantitative estimate of drug-likeness (QED) is 0.816. The lowest BCUT2D eigenvalue weighted by molar-refractivity contribution is -0.120. The van der Waals surface area contributed by atoms with Gasteiger partial charge in [-0.05, 0) is 36.8 Å². The first-order chi connectivity index (χ1) is 10.5. The highest BCUT2D eigenvalue weighted by molar-refractivity contribution is 8.00. The van der Waals surface area contributed by atoms with Crippen molar-refractivity contribution >= 4 is 29.3 Å². The normalized spacial score (nSPS) is 12.0. The predicted octanol–water partition coefficient (Wildman–Crippen LogP) is 4.42. The smallest absolute Gasteiger partial charge is 0.233 e. The number of hydrogen-bond donors (Lipinski definition) is 1. The van der Waals surface area contributed by atoms with Crippen LogP contribution in [0.3, 0.4) is 0 Å². The van der Waals surface area contributed by atoms with Crippen LogP contribution in [0, 0.1) is 11.6 Å². The Labute approximate surface area is 136 Å². The average Bonchev–Trinajstić information content (AvgIpc) is 2.50. The molecular formula is C16H14ClF2NOS. The van der Waals surface area contributed by atoms with E-state index in [1.165, 1.54) is 6.07 Å². The summed E-state index contributed by atoms with van der Waals surface area (Å²) in [6.07, 6.45) is 0. The van der Waals surface area contributed by atoms with Gasteiger partial charge in [-0.1, -0.05) is 29.8 Å². The van der Waals surface area contributed by atoms with E-state index in [1.54, 1.807) is 13.0 Å². The Morgan fingerprint density at radius 3 is 2.64 bits per heavy atom. The van der Waals surface area contributed by atoms with Crippen LogP contribution in [0.5, 0.6) is 0 Å². The second-order valence-corrected chi connectivity index (χ2v) is 6.47. The molecule has 2 aromatic carbocycles. The van der Waals surface area contributed by atoms with Crippen molar-refractivity contribution in [1.82, 2.24) is 5.32 Å². The van der Waals surface area contributed by atoms with Gasteiger partial charge in [0.2, 0.25) is 5.91 Å². The maximum absolute atomic E-state index is 13.1. The lowest BCUT2D eigenvalue weighted by Gasteiger charge is -2.12. The highest BCUT2D eigenvalue weighted by Gasteiger charge is 2.15. The van der Waals surface area contributed by atoms with Crippen LogP contribution in [0.25, 0.3) is 0 Å². The Morgan fingerprint density at radius 2 is 1.95 bits per heavy atom. The van der Waals surface area contributed by atoms with Gasteiger partial charge in [-0.2, -0.15) is 0 Å². The van der Waals surface area contributed by atoms with Gasteiger partial charge in [0.05, 0.1) is 5.25 Å². The molecule has 1 amide bonds. The van der Waals surface area contributed by atoms with E-state index >= 15 is 0 Å². The number of benzene rings is 2. The predicted molar refractivity (Wildman–Crippen MR) is 85.0 cm³/mol. The molecule has 1 unspecified atom stereocenters. The van der Waals surface area contributed by atoms with Crippen molar-refractivity contribution in [2.75, 3.05) is 0 Å². The van der Waals surface area contributed by atoms with Crippen molar-refractivity contribution in [2.24, 2.45) is 0 Å². The first-order valence-electron chi connectivity index (χ1n) is 6.60. The van der Waals surface area contributed by atoms with Crippen LogP contribution < -0.4 is 5.32 Å². The van der Waals surface area contributed by atoms with Gasteiger partial charge in [-0.25, -0.2) is 8.78 Å². The summed E-state index contributed by atoms with van der Waals surface area (Å²) in [6, 6.07) is 10.8. The summed E-state index contributed by atoms with van der Waals surface area (Å²) in [5.41, 5.74) is 0.822. The van der Waals surface area contributed by atoms with Gasteiger partial charge in [0, 0.05) is 16.5 Å². The second kappa shape index (κ2) is 7.61. The molecule has 0 saturated heterocycles. The van der Waals surface area contributed by atoms with Crippen molar-refractivity contribution in [3.8, 4) is 0 Å². The molecule has 116 valence electrons. The summed E-state index contributed by atoms with van der Waals surface area (Å²) in [4.78, 5) is 12.5. The van der Waals surface area contributed by atoms with Crippen LogP contribution in [0.4, 0.5) is 8.78 Å². The van der Waals surface area contributed by atoms with E-state index in [0.29, 0.717) is 16.5 Å². The van der Waals surface area contributed by atoms with Crippen LogP contribution in [-0.2, 0) is 11.3 Å². The molecule has 0 radical (unpaired) electrons. The number of hydrogen-bond acceptors (Lipinski definition) is 2. The van der Waals surface area contributed by atoms with Gasteiger partial charge in [0.1, 0.15) is 0 Å². The van der Waals surface area contributed by atoms with Gasteiger partial charge in [0.15, 0.2) is 11.6 Å². The number of rotatable bonds is 5. The number of carbonyl (C=O) groups excluding carboxylic acids is 1. The molecule has 0 aliphatic carbocycles. The minimum Gasteiger partial charge on any atom is -0.351 e. The average molecular weight is 342 g/mol. The topological polar surface area (TPSA) is 29.1 Å². The number of halogens is 3. The second-order valence-electron chi connectivity index (χ2n) is 4.65. The van der Waals surface area contributed by atoms with Gasteiger partial charge in [0.25, 0.3) is 0 Å². The number of nitrogens with one attached hydrogen (secondary N) is 1. The Bertz CT molecular complexity index is 681. The summed E-state index contributed by atoms with van der Waals surface area (Å²) in [6.45, 7) is 2.02. The lowest BCUT2D eigenvalue weighted by atomic mass is 10.2. The maximum atomic E-state index is 13.1. The van der Waals surface area contributed by atoms with E-state index in [1.807, 2.05) is 18.2 Å². The van der Waals surface area contributed by atoms with Crippen molar-refractivity contribution in [2.45, 2.75) is 23.6 Å². The van der Waals surface area contributed by atoms with E-state index in [0.717, 1.165) is 29.5 Å². The fraction of sp³-hybridized carbons (Fsp3) is 0.188. The third kappa shape index (κ3) is 4.45. The summed E-state index contributed by atoms with van der Waals surface area (Å²) in [7, 11) is 0. The standard InChI is InChI=1S/C16H14ClF2NOS/c1-10(22-12-6-7-14(18)15(19)8-12)16(21)20-9-11-4-2-3-5-13(11)17/h2-8,10H,9H2,1H3,(H,20,21). The highest BCUT2D eigenvalue weighted by atomic mass is 35.5. The molecule has 2 aromatic rings. The van der Waals surface area contributed by atoms with Gasteiger partial charge >= 0.3 is 0 Å². The molecule has 2 nitrogen and oxygen atoms in total. The van der Waals surface area contributed by atoms with Crippen LogP contribution in [0.1, 0.15) is 12.5 Å². The van der Waals surface area contributed by atoms with Crippen molar-refractivity contribution in [3.05, 3.63) is 64.7 Å². The molecule has 0 fully saturated rings. The third-order valence-corrected chi connectivity index (χ3v) is 4.45. The van der Waals surface area contributed by atoms with E-state index < -0.39 is 16.9 Å². The lowest BCUT2D eigenvalue weighted by Crippen LogP contribution is -2.30. The van der Waals surface area contributed by atoms with Crippen molar-refractivity contribution in [1.29, 1.82) is 0 Å². The maximum Gasteiger partial charge on any atom is 0.233 e. The fourth-order valence-corrected chi connectivity index (χ4v) is 2.89. The summed E-state index contributed by atoms with van der Waals surface area (Å²) < 4.78 is 26.0. The zero-order valence-corrected chi connectivity index (χ0v) is 13.3. The van der Waals surface area contributed by atoms with E-state index in [2.05, 4.69) is 5.32 Å². The Balaban J connectivity index is 1.92. The summed E-state index contributed by atoms with van der Waals surface area (Å²) in [5.74, 6) is -2.02. The molecule has 0 bridgehead atoms. The largest absolute Gasteiger partial charge is 0.351 e. The Morgan fingerprint density at radius 1 is 1.23 bits per heavy atom. The first-order valence-corrected chi connectivity index (χ1v) is 7.86. The molecule has 0 aliphatic heterocycles. The van der Waals surface area contributed by atoms with Crippen LogP contribution in [-0.4, -0.2) is 11.2 Å². The van der Waals surface area contributed by atoms with Crippen molar-refractivity contribution < 1.29 is 13.6 Å². The number of thioether (sulfide) groups is 1. The molecule has 1 atom stereocenters. The van der Waals surface area contributed by atoms with Gasteiger partial charge < -0.3 is 5.32 Å². The molecule has 0 spiro atoms. The fourth-order valence-electron chi connectivity index (χ4n) is 1.78. The molecule has 6 heteroatoms. The molecule has 1 N–H and O–H groups in total. The molecule has 0 saturated carbocycles. The minimum absolute atomic E-state index is 0.199. The van der Waals surface area contributed by atoms with E-state index in [-0.39, 0.29) is 5.91 Å². The number of amides is 1. The molecule has 2 rings (SSSR count). The van der Waals surface area contributed by atoms with E-state index in [4.69, 9.17) is 11.6 Å². The monoisotopic (exact) mass is 341 g/mol. The molecule has 0 aliphatic rings. The highest BCUT2D eigenvalue weighted by Crippen LogP contribution is 2.25. The zero-order valence-electron chi connectivity index (χ0n) is 11.8. The SMILES string of the molecule is CC(Sc1ccc(F)c(F)c1)C(=O)NCc1ccccc1Cl. The molecule has 22 heavy (non-hydrogen) atoms. The van der Waals surface area contributed by atoms with Gasteiger partial charge in [-0.3, -0.25) is 4.79 Å². The third-order valence-electron chi connectivity index (χ3n) is 2.98. The molecule has 0 aromatic heterocycles. The van der Waals surface area contributed by atoms with Gasteiger partial charge in [-0.15, -0.1) is 11.8 Å². The van der Waals surface area contributed by atoms with Crippen molar-refractivity contribution in [3.63, 3.8) is 0 Å². The zero-order chi connectivity index (χ0) is 16.1. The summed E-state index contributed by atoms with van der Waals surface area (Å²) >= 11 is 7.18. The summed E-state index contributed by atoms with van der Waals surface area (Å²) in [5, 5.41) is 2.92. The Hall–Kier alpha value is -1.59. The van der Waals surface area contributed by atoms with Crippen LogP contribution in [0.15, 0.2) is 47.4 Å². The first kappa shape index (κ1) is 16.8. The molecular weight excluding hydrogens is 328 g/mol. The van der Waals surface area contributed by atoms with Crippen LogP contribution in [0.2, 0.25) is 5.02 Å². The Kier molecular flexibility index (Phi) is 5.80. The van der Waals surface area contributed by atoms with Crippen LogP contribution >= 0.6 is 23.4 Å².